The molecule has 2 aliphatic heterocycles. The van der Waals surface area contributed by atoms with Crippen LogP contribution in [0, 0.1) is 5.92 Å². The first kappa shape index (κ1) is 17.4. The van der Waals surface area contributed by atoms with Crippen molar-refractivity contribution < 1.29 is 9.53 Å². The molecule has 0 aliphatic carbocycles. The second-order valence-corrected chi connectivity index (χ2v) is 6.55. The maximum Gasteiger partial charge on any atom is 0.236 e. The third kappa shape index (κ3) is 4.80. The van der Waals surface area contributed by atoms with E-state index in [1.165, 1.54) is 0 Å². The number of carbonyl (C=O) groups excluding carboxylic acids is 1. The van der Waals surface area contributed by atoms with Crippen molar-refractivity contribution in [3.05, 3.63) is 12.7 Å². The van der Waals surface area contributed by atoms with E-state index in [-0.39, 0.29) is 5.91 Å². The van der Waals surface area contributed by atoms with Crippen molar-refractivity contribution in [2.75, 3.05) is 59.0 Å². The minimum atomic E-state index is 0.254. The van der Waals surface area contributed by atoms with Gasteiger partial charge in [0.2, 0.25) is 5.91 Å². The number of carbonyl (C=O) groups is 1. The van der Waals surface area contributed by atoms with Crippen LogP contribution >= 0.6 is 0 Å². The molecule has 0 aromatic rings. The predicted molar refractivity (Wildman–Crippen MR) is 88.9 cm³/mol. The van der Waals surface area contributed by atoms with E-state index in [1.54, 1.807) is 0 Å². The first-order chi connectivity index (χ1) is 10.6. The van der Waals surface area contributed by atoms with E-state index >= 15 is 0 Å². The average molecular weight is 309 g/mol. The van der Waals surface area contributed by atoms with Crippen LogP contribution < -0.4 is 0 Å². The highest BCUT2D eigenvalue weighted by molar-refractivity contribution is 5.78. The monoisotopic (exact) mass is 309 g/mol. The van der Waals surface area contributed by atoms with Gasteiger partial charge in [0.1, 0.15) is 0 Å². The lowest BCUT2D eigenvalue weighted by atomic mass is 9.98. The highest BCUT2D eigenvalue weighted by atomic mass is 16.5. The summed E-state index contributed by atoms with van der Waals surface area (Å²) in [6.45, 7) is 15.9. The molecule has 0 aromatic carbocycles. The summed E-state index contributed by atoms with van der Waals surface area (Å²) in [6.07, 6.45) is 3.08. The van der Waals surface area contributed by atoms with Crippen LogP contribution in [-0.4, -0.2) is 85.7 Å². The van der Waals surface area contributed by atoms with Crippen LogP contribution in [0.25, 0.3) is 0 Å². The lowest BCUT2D eigenvalue weighted by molar-refractivity contribution is -0.137. The number of piperazine rings is 1. The zero-order valence-electron chi connectivity index (χ0n) is 14.2. The smallest absolute Gasteiger partial charge is 0.236 e. The summed E-state index contributed by atoms with van der Waals surface area (Å²) in [7, 11) is 0. The Balaban J connectivity index is 1.72. The van der Waals surface area contributed by atoms with Gasteiger partial charge >= 0.3 is 0 Å². The van der Waals surface area contributed by atoms with Crippen molar-refractivity contribution in [3.63, 3.8) is 0 Å². The SMILES string of the molecule is C=CC[C@H](C)[C@H](C)N1CCN(CC(=O)N2CCOCC2)CC1. The molecule has 2 heterocycles. The second kappa shape index (κ2) is 8.65. The minimum absolute atomic E-state index is 0.254. The van der Waals surface area contributed by atoms with E-state index in [2.05, 4.69) is 30.2 Å². The number of nitrogens with zero attached hydrogens (tertiary/aromatic N) is 3. The lowest BCUT2D eigenvalue weighted by Gasteiger charge is -2.40. The van der Waals surface area contributed by atoms with Crippen molar-refractivity contribution in [1.82, 2.24) is 14.7 Å². The molecule has 0 unspecified atom stereocenters. The maximum absolute atomic E-state index is 12.3. The predicted octanol–water partition coefficient (Wildman–Crippen LogP) is 1.06. The lowest BCUT2D eigenvalue weighted by Crippen LogP contribution is -2.54. The van der Waals surface area contributed by atoms with Crippen LogP contribution in [0.1, 0.15) is 20.3 Å². The molecule has 22 heavy (non-hydrogen) atoms. The Morgan fingerprint density at radius 3 is 2.36 bits per heavy atom. The molecule has 2 rings (SSSR count). The van der Waals surface area contributed by atoms with Gasteiger partial charge < -0.3 is 9.64 Å². The van der Waals surface area contributed by atoms with E-state index in [9.17, 15) is 4.79 Å². The van der Waals surface area contributed by atoms with Gasteiger partial charge in [0.05, 0.1) is 19.8 Å². The summed E-state index contributed by atoms with van der Waals surface area (Å²) in [6, 6.07) is 0.579. The van der Waals surface area contributed by atoms with Gasteiger partial charge in [-0.25, -0.2) is 0 Å². The van der Waals surface area contributed by atoms with Gasteiger partial charge in [-0.2, -0.15) is 0 Å². The molecule has 0 saturated carbocycles. The van der Waals surface area contributed by atoms with E-state index in [1.807, 2.05) is 11.0 Å². The van der Waals surface area contributed by atoms with Crippen LogP contribution in [0.4, 0.5) is 0 Å². The molecular formula is C17H31N3O2. The number of amides is 1. The Hall–Kier alpha value is -0.910. The standard InChI is InChI=1S/C17H31N3O2/c1-4-5-15(2)16(3)19-8-6-18(7-9-19)14-17(21)20-10-12-22-13-11-20/h4,15-16H,1,5-14H2,2-3H3/t15-,16-/m0/s1. The molecule has 0 spiro atoms. The highest BCUT2D eigenvalue weighted by Gasteiger charge is 2.26. The Labute approximate surface area is 134 Å². The summed E-state index contributed by atoms with van der Waals surface area (Å²) in [5.74, 6) is 0.892. The van der Waals surface area contributed by atoms with Crippen LogP contribution in [0.15, 0.2) is 12.7 Å². The summed E-state index contributed by atoms with van der Waals surface area (Å²) < 4.78 is 5.30. The number of hydrogen-bond acceptors (Lipinski definition) is 4. The Kier molecular flexibility index (Phi) is 6.86. The van der Waals surface area contributed by atoms with Gasteiger partial charge in [0, 0.05) is 45.3 Å². The van der Waals surface area contributed by atoms with Crippen LogP contribution in [0.5, 0.6) is 0 Å². The highest BCUT2D eigenvalue weighted by Crippen LogP contribution is 2.17. The number of hydrogen-bond donors (Lipinski definition) is 0. The van der Waals surface area contributed by atoms with Crippen molar-refractivity contribution >= 4 is 5.91 Å². The van der Waals surface area contributed by atoms with Gasteiger partial charge in [-0.05, 0) is 19.3 Å². The number of rotatable bonds is 6. The summed E-state index contributed by atoms with van der Waals surface area (Å²) in [4.78, 5) is 19.1. The third-order valence-corrected chi connectivity index (χ3v) is 5.07. The van der Waals surface area contributed by atoms with E-state index in [0.29, 0.717) is 31.7 Å². The first-order valence-electron chi connectivity index (χ1n) is 8.54. The number of ether oxygens (including phenoxy) is 1. The molecule has 126 valence electrons. The van der Waals surface area contributed by atoms with Crippen LogP contribution in [0.3, 0.4) is 0 Å². The maximum atomic E-state index is 12.3. The molecule has 0 aromatic heterocycles. The Morgan fingerprint density at radius 2 is 1.77 bits per heavy atom. The number of morpholine rings is 1. The topological polar surface area (TPSA) is 36.0 Å². The van der Waals surface area contributed by atoms with Crippen LogP contribution in [-0.2, 0) is 9.53 Å². The fourth-order valence-corrected chi connectivity index (χ4v) is 3.25. The van der Waals surface area contributed by atoms with Gasteiger partial charge in [0.25, 0.3) is 0 Å². The molecule has 0 bridgehead atoms. The van der Waals surface area contributed by atoms with E-state index < -0.39 is 0 Å². The van der Waals surface area contributed by atoms with Gasteiger partial charge in [-0.1, -0.05) is 13.0 Å². The molecule has 1 amide bonds. The average Bonchev–Trinajstić information content (AvgIpc) is 2.56. The molecule has 0 radical (unpaired) electrons. The quantitative estimate of drug-likeness (QED) is 0.688. The van der Waals surface area contributed by atoms with E-state index in [0.717, 1.165) is 45.7 Å². The Bertz CT molecular complexity index is 361. The molecule has 5 nitrogen and oxygen atoms in total. The summed E-state index contributed by atoms with van der Waals surface area (Å²) in [5, 5.41) is 0. The molecule has 2 aliphatic rings. The summed E-state index contributed by atoms with van der Waals surface area (Å²) in [5.41, 5.74) is 0. The second-order valence-electron chi connectivity index (χ2n) is 6.55. The molecule has 0 N–H and O–H groups in total. The van der Waals surface area contributed by atoms with Crippen molar-refractivity contribution in [3.8, 4) is 0 Å². The van der Waals surface area contributed by atoms with Gasteiger partial charge in [-0.3, -0.25) is 14.6 Å². The van der Waals surface area contributed by atoms with Gasteiger partial charge in [0.15, 0.2) is 0 Å². The zero-order valence-corrected chi connectivity index (χ0v) is 14.2. The fraction of sp³-hybridized carbons (Fsp3) is 0.824. The molecule has 2 atom stereocenters. The van der Waals surface area contributed by atoms with E-state index in [4.69, 9.17) is 4.74 Å². The van der Waals surface area contributed by atoms with Crippen LogP contribution in [0.2, 0.25) is 0 Å². The largest absolute Gasteiger partial charge is 0.378 e. The van der Waals surface area contributed by atoms with Crippen molar-refractivity contribution in [2.45, 2.75) is 26.3 Å². The molecule has 2 saturated heterocycles. The normalized spacial score (nSPS) is 24.0. The molecular weight excluding hydrogens is 278 g/mol. The number of allylic oxidation sites excluding steroid dienone is 1. The fourth-order valence-electron chi connectivity index (χ4n) is 3.25. The van der Waals surface area contributed by atoms with Crippen molar-refractivity contribution in [1.29, 1.82) is 0 Å². The molecule has 2 fully saturated rings. The van der Waals surface area contributed by atoms with Crippen molar-refractivity contribution in [2.24, 2.45) is 5.92 Å². The summed E-state index contributed by atoms with van der Waals surface area (Å²) >= 11 is 0. The minimum Gasteiger partial charge on any atom is -0.378 e. The first-order valence-corrected chi connectivity index (χ1v) is 8.54. The molecule has 5 heteroatoms. The van der Waals surface area contributed by atoms with Gasteiger partial charge in [-0.15, -0.1) is 6.58 Å². The third-order valence-electron chi connectivity index (χ3n) is 5.07. The Morgan fingerprint density at radius 1 is 1.14 bits per heavy atom. The zero-order chi connectivity index (χ0) is 15.9.